The maximum Gasteiger partial charge on any atom is 0.264 e. The summed E-state index contributed by atoms with van der Waals surface area (Å²) in [5.41, 5.74) is 2.94. The van der Waals surface area contributed by atoms with Crippen molar-refractivity contribution in [3.05, 3.63) is 113 Å². The van der Waals surface area contributed by atoms with Gasteiger partial charge in [0.15, 0.2) is 0 Å². The van der Waals surface area contributed by atoms with Crippen molar-refractivity contribution >= 4 is 54.6 Å². The highest BCUT2D eigenvalue weighted by Gasteiger charge is 2.36. The highest BCUT2D eigenvalue weighted by atomic mass is 35.5. The van der Waals surface area contributed by atoms with Gasteiger partial charge in [0.1, 0.15) is 0 Å². The molecule has 0 saturated heterocycles. The van der Waals surface area contributed by atoms with Gasteiger partial charge in [-0.2, -0.15) is 0 Å². The largest absolute Gasteiger partial charge is 0.322 e. The van der Waals surface area contributed by atoms with Gasteiger partial charge in [0, 0.05) is 28.0 Å². The monoisotopic (exact) mass is 595 g/mol. The van der Waals surface area contributed by atoms with Crippen LogP contribution in [0.1, 0.15) is 28.4 Å². The summed E-state index contributed by atoms with van der Waals surface area (Å²) in [4.78, 5) is 13.2. The zero-order valence-electron chi connectivity index (χ0n) is 21.6. The summed E-state index contributed by atoms with van der Waals surface area (Å²) in [7, 11) is -7.90. The summed E-state index contributed by atoms with van der Waals surface area (Å²) < 4.78 is 57.1. The first-order chi connectivity index (χ1) is 19.0. The molecule has 2 N–H and O–H groups in total. The first kappa shape index (κ1) is 27.7. The fourth-order valence-electron chi connectivity index (χ4n) is 4.64. The Labute approximate surface area is 238 Å². The average molecular weight is 596 g/mol. The molecule has 1 atom stereocenters. The second kappa shape index (κ2) is 10.6. The molecule has 4 aromatic rings. The van der Waals surface area contributed by atoms with E-state index in [1.807, 2.05) is 19.1 Å². The van der Waals surface area contributed by atoms with E-state index in [9.17, 15) is 21.6 Å². The van der Waals surface area contributed by atoms with Gasteiger partial charge in [-0.15, -0.1) is 0 Å². The number of nitrogens with one attached hydrogen (secondary N) is 2. The molecular formula is C29H26ClN3O5S2. The van der Waals surface area contributed by atoms with Gasteiger partial charge in [-0.1, -0.05) is 41.9 Å². The van der Waals surface area contributed by atoms with E-state index in [0.717, 1.165) is 5.56 Å². The molecule has 40 heavy (non-hydrogen) atoms. The molecule has 0 fully saturated rings. The Morgan fingerprint density at radius 3 is 2.35 bits per heavy atom. The van der Waals surface area contributed by atoms with E-state index in [4.69, 9.17) is 11.6 Å². The predicted molar refractivity (Wildman–Crippen MR) is 157 cm³/mol. The first-order valence-electron chi connectivity index (χ1n) is 12.4. The lowest BCUT2D eigenvalue weighted by atomic mass is 10.1. The third-order valence-electron chi connectivity index (χ3n) is 6.66. The normalized spacial score (nSPS) is 15.0. The minimum absolute atomic E-state index is 0.0103. The molecular weight excluding hydrogens is 570 g/mol. The Kier molecular flexibility index (Phi) is 7.34. The number of hydrogen-bond acceptors (Lipinski definition) is 5. The second-order valence-electron chi connectivity index (χ2n) is 9.55. The van der Waals surface area contributed by atoms with Crippen LogP contribution in [-0.2, 0) is 26.5 Å². The molecule has 5 rings (SSSR count). The minimum Gasteiger partial charge on any atom is -0.322 e. The van der Waals surface area contributed by atoms with Gasteiger partial charge in [-0.3, -0.25) is 13.8 Å². The molecule has 0 aliphatic carbocycles. The number of amides is 1. The number of sulfonamides is 2. The SMILES string of the molecule is Cc1ccc(S(=O)(=O)Nc2ccc(Cl)cc2)cc1NC(=O)c1cccc(S(=O)(=O)N2c3ccccc3C[C@H]2C)c1. The zero-order valence-corrected chi connectivity index (χ0v) is 24.0. The zero-order chi connectivity index (χ0) is 28.7. The lowest BCUT2D eigenvalue weighted by Gasteiger charge is -2.24. The van der Waals surface area contributed by atoms with Crippen molar-refractivity contribution in [3.8, 4) is 0 Å². The standard InChI is InChI=1S/C29H26ClN3O5S2/c1-19-10-15-25(39(35,36)32-24-13-11-23(30)12-14-24)18-27(19)31-29(34)22-7-5-8-26(17-22)40(37,38)33-20(2)16-21-6-3-4-9-28(21)33/h3-15,17-18,20,32H,16H2,1-2H3,(H,31,34)/t20-/m1/s1. The van der Waals surface area contributed by atoms with Gasteiger partial charge in [0.2, 0.25) is 0 Å². The fourth-order valence-corrected chi connectivity index (χ4v) is 7.59. The molecule has 4 aromatic carbocycles. The van der Waals surface area contributed by atoms with Crippen molar-refractivity contribution in [3.63, 3.8) is 0 Å². The summed E-state index contributed by atoms with van der Waals surface area (Å²) in [5, 5.41) is 3.20. The highest BCUT2D eigenvalue weighted by Crippen LogP contribution is 2.36. The number of carbonyl (C=O) groups excluding carboxylic acids is 1. The summed E-state index contributed by atoms with van der Waals surface area (Å²) >= 11 is 5.88. The predicted octanol–water partition coefficient (Wildman–Crippen LogP) is 5.84. The van der Waals surface area contributed by atoms with E-state index in [0.29, 0.717) is 28.4 Å². The minimum atomic E-state index is -3.96. The molecule has 1 aliphatic rings. The number of halogens is 1. The van der Waals surface area contributed by atoms with Crippen LogP contribution in [0.15, 0.2) is 101 Å². The average Bonchev–Trinajstić information content (AvgIpc) is 3.27. The second-order valence-corrected chi connectivity index (χ2v) is 13.5. The molecule has 0 unspecified atom stereocenters. The van der Waals surface area contributed by atoms with Crippen LogP contribution >= 0.6 is 11.6 Å². The van der Waals surface area contributed by atoms with E-state index in [2.05, 4.69) is 10.0 Å². The molecule has 0 radical (unpaired) electrons. The Bertz CT molecular complexity index is 1820. The number of aryl methyl sites for hydroxylation is 1. The van der Waals surface area contributed by atoms with Crippen LogP contribution in [0.5, 0.6) is 0 Å². The topological polar surface area (TPSA) is 113 Å². The van der Waals surface area contributed by atoms with Crippen molar-refractivity contribution in [2.75, 3.05) is 14.3 Å². The van der Waals surface area contributed by atoms with E-state index >= 15 is 0 Å². The molecule has 0 saturated carbocycles. The van der Waals surface area contributed by atoms with E-state index in [-0.39, 0.29) is 27.1 Å². The van der Waals surface area contributed by atoms with E-state index in [1.165, 1.54) is 40.7 Å². The molecule has 11 heteroatoms. The smallest absolute Gasteiger partial charge is 0.264 e. The van der Waals surface area contributed by atoms with Crippen LogP contribution in [0, 0.1) is 6.92 Å². The number of carbonyl (C=O) groups is 1. The Morgan fingerprint density at radius 2 is 1.60 bits per heavy atom. The van der Waals surface area contributed by atoms with Crippen molar-refractivity contribution in [1.29, 1.82) is 0 Å². The van der Waals surface area contributed by atoms with E-state index in [1.54, 1.807) is 49.4 Å². The van der Waals surface area contributed by atoms with Gasteiger partial charge in [0.25, 0.3) is 26.0 Å². The lowest BCUT2D eigenvalue weighted by molar-refractivity contribution is 0.102. The van der Waals surface area contributed by atoms with Gasteiger partial charge >= 0.3 is 0 Å². The van der Waals surface area contributed by atoms with Crippen LogP contribution < -0.4 is 14.3 Å². The van der Waals surface area contributed by atoms with Crippen molar-refractivity contribution in [2.45, 2.75) is 36.1 Å². The van der Waals surface area contributed by atoms with Crippen LogP contribution in [-0.4, -0.2) is 28.8 Å². The quantitative estimate of drug-likeness (QED) is 0.279. The number of hydrogen-bond donors (Lipinski definition) is 2. The third kappa shape index (κ3) is 5.42. The molecule has 8 nitrogen and oxygen atoms in total. The molecule has 1 aliphatic heterocycles. The summed E-state index contributed by atoms with van der Waals surface area (Å²) in [5.74, 6) is -0.574. The van der Waals surface area contributed by atoms with Crippen LogP contribution in [0.25, 0.3) is 0 Å². The number of rotatable bonds is 7. The molecule has 1 heterocycles. The fraction of sp³-hybridized carbons (Fsp3) is 0.138. The van der Waals surface area contributed by atoms with Gasteiger partial charge in [-0.25, -0.2) is 16.8 Å². The highest BCUT2D eigenvalue weighted by molar-refractivity contribution is 7.93. The van der Waals surface area contributed by atoms with Crippen LogP contribution in [0.4, 0.5) is 17.1 Å². The van der Waals surface area contributed by atoms with Gasteiger partial charge < -0.3 is 5.32 Å². The number of benzene rings is 4. The molecule has 206 valence electrons. The maximum absolute atomic E-state index is 13.6. The van der Waals surface area contributed by atoms with Crippen LogP contribution in [0.2, 0.25) is 5.02 Å². The van der Waals surface area contributed by atoms with Gasteiger partial charge in [-0.05, 0) is 92.1 Å². The van der Waals surface area contributed by atoms with Crippen molar-refractivity contribution in [1.82, 2.24) is 0 Å². The van der Waals surface area contributed by atoms with Crippen molar-refractivity contribution < 1.29 is 21.6 Å². The molecule has 1 amide bonds. The Hall–Kier alpha value is -3.86. The lowest BCUT2D eigenvalue weighted by Crippen LogP contribution is -2.35. The number of anilines is 3. The summed E-state index contributed by atoms with van der Waals surface area (Å²) in [6.07, 6.45) is 0.598. The Balaban J connectivity index is 1.39. The molecule has 0 bridgehead atoms. The summed E-state index contributed by atoms with van der Waals surface area (Å²) in [6.45, 7) is 3.57. The summed E-state index contributed by atoms with van der Waals surface area (Å²) in [6, 6.07) is 23.5. The molecule has 0 spiro atoms. The van der Waals surface area contributed by atoms with E-state index < -0.39 is 26.0 Å². The number of nitrogens with zero attached hydrogens (tertiary/aromatic N) is 1. The van der Waals surface area contributed by atoms with Gasteiger partial charge in [0.05, 0.1) is 15.5 Å². The Morgan fingerprint density at radius 1 is 0.875 bits per heavy atom. The number of para-hydroxylation sites is 1. The third-order valence-corrected chi connectivity index (χ3v) is 10.2. The van der Waals surface area contributed by atoms with Crippen LogP contribution in [0.3, 0.4) is 0 Å². The van der Waals surface area contributed by atoms with Crippen molar-refractivity contribution in [2.24, 2.45) is 0 Å². The molecule has 0 aromatic heterocycles. The number of fused-ring (bicyclic) bond motifs is 1. The maximum atomic E-state index is 13.6. The first-order valence-corrected chi connectivity index (χ1v) is 15.7.